The Morgan fingerprint density at radius 2 is 1.58 bits per heavy atom. The van der Waals surface area contributed by atoms with Gasteiger partial charge in [-0.1, -0.05) is 12.1 Å². The van der Waals surface area contributed by atoms with Gasteiger partial charge in [0.1, 0.15) is 24.9 Å². The second kappa shape index (κ2) is 10.4. The number of nitrogens with one attached hydrogen (secondary N) is 2. The minimum absolute atomic E-state index is 0.0544. The molecule has 2 aromatic rings. The quantitative estimate of drug-likeness (QED) is 0.221. The van der Waals surface area contributed by atoms with Gasteiger partial charge in [-0.05, 0) is 61.9 Å². The summed E-state index contributed by atoms with van der Waals surface area (Å²) in [5.41, 5.74) is 7.36. The molecule has 8 nitrogen and oxygen atoms in total. The molecule has 1 heterocycles. The van der Waals surface area contributed by atoms with Gasteiger partial charge in [0.05, 0.1) is 12.2 Å². The van der Waals surface area contributed by atoms with Crippen molar-refractivity contribution < 1.29 is 19.0 Å². The van der Waals surface area contributed by atoms with Crippen LogP contribution in [0, 0.1) is 16.7 Å². The second-order valence-corrected chi connectivity index (χ2v) is 8.43. The Labute approximate surface area is 193 Å². The zero-order valence-corrected chi connectivity index (χ0v) is 18.6. The van der Waals surface area contributed by atoms with E-state index in [0.29, 0.717) is 41.0 Å². The Bertz CT molecular complexity index is 1010. The average Bonchev–Trinajstić information content (AvgIpc) is 3.50. The highest BCUT2D eigenvalue weighted by molar-refractivity contribution is 5.98. The van der Waals surface area contributed by atoms with Gasteiger partial charge in [0.15, 0.2) is 11.5 Å². The summed E-state index contributed by atoms with van der Waals surface area (Å²) in [7, 11) is 0. The molecule has 8 heteroatoms. The third kappa shape index (κ3) is 6.03. The van der Waals surface area contributed by atoms with Crippen molar-refractivity contribution in [1.82, 2.24) is 4.90 Å². The first-order chi connectivity index (χ1) is 16.0. The van der Waals surface area contributed by atoms with E-state index in [1.807, 2.05) is 4.90 Å². The lowest BCUT2D eigenvalue weighted by Crippen LogP contribution is -2.27. The fourth-order valence-corrected chi connectivity index (χ4v) is 3.66. The predicted molar refractivity (Wildman–Crippen MR) is 126 cm³/mol. The number of carbonyl (C=O) groups is 1. The highest BCUT2D eigenvalue weighted by Gasteiger charge is 2.23. The number of hydrogen-bond acceptors (Lipinski definition) is 6. The van der Waals surface area contributed by atoms with E-state index in [0.717, 1.165) is 31.5 Å². The monoisotopic (exact) mass is 450 g/mol. The van der Waals surface area contributed by atoms with Gasteiger partial charge in [0, 0.05) is 24.2 Å². The van der Waals surface area contributed by atoms with Crippen LogP contribution in [0.4, 0.5) is 0 Å². The number of likely N-dealkylation sites (tertiary alicyclic amines) is 1. The van der Waals surface area contributed by atoms with Crippen LogP contribution in [0.1, 0.15) is 47.2 Å². The molecule has 4 N–H and O–H groups in total. The largest absolute Gasteiger partial charge is 0.489 e. The zero-order chi connectivity index (χ0) is 23.2. The first-order valence-corrected chi connectivity index (χ1v) is 11.4. The average molecular weight is 451 g/mol. The van der Waals surface area contributed by atoms with E-state index in [-0.39, 0.29) is 19.0 Å². The number of amidine groups is 2. The number of benzene rings is 2. The van der Waals surface area contributed by atoms with Gasteiger partial charge in [0.2, 0.25) is 0 Å². The van der Waals surface area contributed by atoms with Crippen molar-refractivity contribution in [2.75, 3.05) is 32.9 Å². The summed E-state index contributed by atoms with van der Waals surface area (Å²) < 4.78 is 17.0. The zero-order valence-electron chi connectivity index (χ0n) is 18.6. The Kier molecular flexibility index (Phi) is 7.12. The number of nitrogens with two attached hydrogens (primary N) is 1. The Balaban J connectivity index is 1.28. The molecule has 2 aromatic carbocycles. The number of nitrogen functional groups attached to an aromatic ring is 1. The lowest BCUT2D eigenvalue weighted by atomic mass is 10.1. The van der Waals surface area contributed by atoms with Gasteiger partial charge in [-0.2, -0.15) is 0 Å². The molecule has 0 unspecified atom stereocenters. The summed E-state index contributed by atoms with van der Waals surface area (Å²) in [6.45, 7) is 2.66. The van der Waals surface area contributed by atoms with Crippen LogP contribution in [-0.4, -0.2) is 55.5 Å². The number of ether oxygens (including phenoxy) is 3. The number of rotatable bonds is 10. The van der Waals surface area contributed by atoms with E-state index in [9.17, 15) is 4.79 Å². The van der Waals surface area contributed by atoms with Crippen LogP contribution in [0.2, 0.25) is 0 Å². The van der Waals surface area contributed by atoms with Crippen LogP contribution < -0.4 is 15.2 Å². The van der Waals surface area contributed by atoms with Crippen molar-refractivity contribution in [3.05, 3.63) is 59.2 Å². The SMILES string of the molecule is N=C(N)c1ccc(OCC2CC2)c(OCCOC(=O)c2ccc(C(=N)N3CCCC3)cc2)c1. The molecule has 174 valence electrons. The minimum Gasteiger partial charge on any atom is -0.489 e. The van der Waals surface area contributed by atoms with Gasteiger partial charge in [-0.25, -0.2) is 4.79 Å². The van der Waals surface area contributed by atoms with Crippen molar-refractivity contribution in [2.24, 2.45) is 11.7 Å². The maximum Gasteiger partial charge on any atom is 0.338 e. The van der Waals surface area contributed by atoms with Crippen molar-refractivity contribution in [3.8, 4) is 11.5 Å². The molecule has 4 rings (SSSR count). The van der Waals surface area contributed by atoms with Gasteiger partial charge in [-0.15, -0.1) is 0 Å². The number of hydrogen-bond donors (Lipinski definition) is 3. The maximum absolute atomic E-state index is 12.4. The second-order valence-electron chi connectivity index (χ2n) is 8.43. The van der Waals surface area contributed by atoms with Crippen LogP contribution in [0.25, 0.3) is 0 Å². The number of carbonyl (C=O) groups excluding carboxylic acids is 1. The van der Waals surface area contributed by atoms with Gasteiger partial charge in [-0.3, -0.25) is 10.8 Å². The smallest absolute Gasteiger partial charge is 0.338 e. The normalized spacial score (nSPS) is 15.2. The first-order valence-electron chi connectivity index (χ1n) is 11.4. The lowest BCUT2D eigenvalue weighted by molar-refractivity contribution is 0.0448. The summed E-state index contributed by atoms with van der Waals surface area (Å²) in [6, 6.07) is 12.1. The summed E-state index contributed by atoms with van der Waals surface area (Å²) in [6.07, 6.45) is 4.58. The Morgan fingerprint density at radius 1 is 0.909 bits per heavy atom. The molecule has 0 radical (unpaired) electrons. The fraction of sp³-hybridized carbons (Fsp3) is 0.400. The van der Waals surface area contributed by atoms with Crippen LogP contribution in [0.5, 0.6) is 11.5 Å². The van der Waals surface area contributed by atoms with Gasteiger partial charge >= 0.3 is 5.97 Å². The molecule has 1 aliphatic heterocycles. The Morgan fingerprint density at radius 3 is 2.24 bits per heavy atom. The topological polar surface area (TPSA) is 122 Å². The molecule has 0 spiro atoms. The van der Waals surface area contributed by atoms with E-state index >= 15 is 0 Å². The van der Waals surface area contributed by atoms with E-state index in [2.05, 4.69) is 0 Å². The van der Waals surface area contributed by atoms with Crippen LogP contribution in [-0.2, 0) is 4.74 Å². The number of esters is 1. The molecule has 1 saturated heterocycles. The maximum atomic E-state index is 12.4. The lowest BCUT2D eigenvalue weighted by Gasteiger charge is -2.18. The Hall–Kier alpha value is -3.55. The highest BCUT2D eigenvalue weighted by atomic mass is 16.6. The van der Waals surface area contributed by atoms with E-state index in [4.69, 9.17) is 30.8 Å². The van der Waals surface area contributed by atoms with Crippen molar-refractivity contribution in [2.45, 2.75) is 25.7 Å². The van der Waals surface area contributed by atoms with Crippen LogP contribution in [0.15, 0.2) is 42.5 Å². The summed E-state index contributed by atoms with van der Waals surface area (Å²) in [4.78, 5) is 14.4. The van der Waals surface area contributed by atoms with Crippen molar-refractivity contribution in [1.29, 1.82) is 10.8 Å². The minimum atomic E-state index is -0.444. The molecule has 2 aliphatic rings. The van der Waals surface area contributed by atoms with Crippen molar-refractivity contribution in [3.63, 3.8) is 0 Å². The molecule has 2 fully saturated rings. The molecule has 0 atom stereocenters. The third-order valence-corrected chi connectivity index (χ3v) is 5.82. The standard InChI is InChI=1S/C25H30N4O4/c26-23(27)20-9-10-21(33-16-17-3-4-17)22(15-20)31-13-14-32-25(30)19-7-5-18(6-8-19)24(28)29-11-1-2-12-29/h5-10,15,17,28H,1-4,11-14,16H2,(H3,26,27). The van der Waals surface area contributed by atoms with Gasteiger partial charge < -0.3 is 24.8 Å². The van der Waals surface area contributed by atoms with Crippen LogP contribution >= 0.6 is 0 Å². The molecule has 1 aliphatic carbocycles. The molecular formula is C25H30N4O4. The van der Waals surface area contributed by atoms with Crippen molar-refractivity contribution >= 4 is 17.6 Å². The molecule has 0 amide bonds. The summed E-state index contributed by atoms with van der Waals surface area (Å²) in [5, 5.41) is 15.9. The molecule has 1 saturated carbocycles. The molecule has 0 bridgehead atoms. The first kappa shape index (κ1) is 22.6. The summed E-state index contributed by atoms with van der Waals surface area (Å²) in [5.74, 6) is 1.66. The third-order valence-electron chi connectivity index (χ3n) is 5.82. The fourth-order valence-electron chi connectivity index (χ4n) is 3.66. The highest BCUT2D eigenvalue weighted by Crippen LogP contribution is 2.33. The van der Waals surface area contributed by atoms with Gasteiger partial charge in [0.25, 0.3) is 0 Å². The molecular weight excluding hydrogens is 420 g/mol. The number of nitrogens with zero attached hydrogens (tertiary/aromatic N) is 1. The predicted octanol–water partition coefficient (Wildman–Crippen LogP) is 3.42. The molecule has 33 heavy (non-hydrogen) atoms. The summed E-state index contributed by atoms with van der Waals surface area (Å²) >= 11 is 0. The van der Waals surface area contributed by atoms with E-state index < -0.39 is 5.97 Å². The van der Waals surface area contributed by atoms with E-state index in [1.54, 1.807) is 42.5 Å². The van der Waals surface area contributed by atoms with Crippen LogP contribution in [0.3, 0.4) is 0 Å². The van der Waals surface area contributed by atoms with E-state index in [1.165, 1.54) is 12.8 Å². The molecule has 0 aromatic heterocycles.